The van der Waals surface area contributed by atoms with Gasteiger partial charge in [-0.1, -0.05) is 60.7 Å². The Morgan fingerprint density at radius 1 is 0.857 bits per heavy atom. The van der Waals surface area contributed by atoms with E-state index in [1.165, 1.54) is 11.1 Å². The number of nitrogens with zero attached hydrogens (tertiary/aromatic N) is 2. The lowest BCUT2D eigenvalue weighted by Crippen LogP contribution is -2.47. The molecule has 142 valence electrons. The first-order chi connectivity index (χ1) is 13.8. The molecule has 0 spiro atoms. The Labute approximate surface area is 167 Å². The lowest BCUT2D eigenvalue weighted by Gasteiger charge is -2.31. The SMILES string of the molecule is O=C(C[n+]1cccc(-c2ccccc2)c1)N1CCC(Cc2ccccc2)CC1. The molecule has 0 aliphatic carbocycles. The summed E-state index contributed by atoms with van der Waals surface area (Å²) in [4.78, 5) is 14.8. The number of benzene rings is 2. The molecule has 0 atom stereocenters. The van der Waals surface area contributed by atoms with Crippen molar-refractivity contribution < 1.29 is 9.36 Å². The van der Waals surface area contributed by atoms with Gasteiger partial charge in [0.1, 0.15) is 0 Å². The minimum absolute atomic E-state index is 0.216. The number of carbonyl (C=O) groups is 1. The van der Waals surface area contributed by atoms with Crippen LogP contribution in [0.3, 0.4) is 0 Å². The zero-order chi connectivity index (χ0) is 19.2. The molecule has 3 heteroatoms. The summed E-state index contributed by atoms with van der Waals surface area (Å²) in [6, 6.07) is 25.1. The first-order valence-electron chi connectivity index (χ1n) is 10.1. The monoisotopic (exact) mass is 371 g/mol. The number of hydrogen-bond acceptors (Lipinski definition) is 1. The predicted octanol–water partition coefficient (Wildman–Crippen LogP) is 4.12. The fourth-order valence-electron chi connectivity index (χ4n) is 4.01. The standard InChI is InChI=1S/C25H27N2O/c28-25(20-26-15-7-12-24(19-26)23-10-5-2-6-11-23)27-16-13-22(14-17-27)18-21-8-3-1-4-9-21/h1-12,15,19,22H,13-14,16-18,20H2/q+1. The maximum Gasteiger partial charge on any atom is 0.288 e. The summed E-state index contributed by atoms with van der Waals surface area (Å²) < 4.78 is 2.00. The van der Waals surface area contributed by atoms with Crippen LogP contribution in [-0.2, 0) is 17.8 Å². The fraction of sp³-hybridized carbons (Fsp3) is 0.280. The van der Waals surface area contributed by atoms with Gasteiger partial charge in [0.2, 0.25) is 6.54 Å². The first-order valence-corrected chi connectivity index (χ1v) is 10.1. The van der Waals surface area contributed by atoms with E-state index in [0.717, 1.165) is 37.9 Å². The molecule has 28 heavy (non-hydrogen) atoms. The highest BCUT2D eigenvalue weighted by Gasteiger charge is 2.25. The third kappa shape index (κ3) is 4.66. The van der Waals surface area contributed by atoms with E-state index in [-0.39, 0.29) is 5.91 Å². The van der Waals surface area contributed by atoms with Gasteiger partial charge in [-0.15, -0.1) is 0 Å². The molecule has 0 unspecified atom stereocenters. The van der Waals surface area contributed by atoms with E-state index in [0.29, 0.717) is 12.5 Å². The first kappa shape index (κ1) is 18.4. The number of piperidine rings is 1. The zero-order valence-electron chi connectivity index (χ0n) is 16.2. The average molecular weight is 372 g/mol. The Morgan fingerprint density at radius 2 is 1.50 bits per heavy atom. The number of aromatic nitrogens is 1. The van der Waals surface area contributed by atoms with Crippen LogP contribution in [0.4, 0.5) is 0 Å². The summed E-state index contributed by atoms with van der Waals surface area (Å²) in [7, 11) is 0. The molecule has 0 saturated carbocycles. The van der Waals surface area contributed by atoms with E-state index in [1.807, 2.05) is 39.9 Å². The molecule has 2 aromatic carbocycles. The Hall–Kier alpha value is -2.94. The molecule has 0 N–H and O–H groups in total. The molecule has 1 aromatic heterocycles. The highest BCUT2D eigenvalue weighted by molar-refractivity contribution is 5.74. The maximum atomic E-state index is 12.8. The third-order valence-corrected chi connectivity index (χ3v) is 5.62. The van der Waals surface area contributed by atoms with Crippen molar-refractivity contribution in [2.75, 3.05) is 13.1 Å². The number of likely N-dealkylation sites (tertiary alicyclic amines) is 1. The van der Waals surface area contributed by atoms with E-state index in [2.05, 4.69) is 54.7 Å². The molecule has 3 nitrogen and oxygen atoms in total. The van der Waals surface area contributed by atoms with E-state index in [4.69, 9.17) is 0 Å². The van der Waals surface area contributed by atoms with E-state index in [9.17, 15) is 4.79 Å². The summed E-state index contributed by atoms with van der Waals surface area (Å²) >= 11 is 0. The number of pyridine rings is 1. The number of hydrogen-bond donors (Lipinski definition) is 0. The smallest absolute Gasteiger partial charge is 0.288 e. The molecule has 3 aromatic rings. The molecule has 2 heterocycles. The zero-order valence-corrected chi connectivity index (χ0v) is 16.2. The molecule has 0 bridgehead atoms. The molecule has 1 amide bonds. The van der Waals surface area contributed by atoms with Gasteiger partial charge in [-0.25, -0.2) is 0 Å². The fourth-order valence-corrected chi connectivity index (χ4v) is 4.01. The van der Waals surface area contributed by atoms with Gasteiger partial charge < -0.3 is 4.90 Å². The highest BCUT2D eigenvalue weighted by atomic mass is 16.2. The summed E-state index contributed by atoms with van der Waals surface area (Å²) in [6.07, 6.45) is 7.35. The normalized spacial score (nSPS) is 14.8. The molecule has 4 rings (SSSR count). The second kappa shape index (κ2) is 8.83. The molecular formula is C25H27N2O+. The van der Waals surface area contributed by atoms with Crippen molar-refractivity contribution in [3.63, 3.8) is 0 Å². The van der Waals surface area contributed by atoms with Crippen molar-refractivity contribution in [1.29, 1.82) is 0 Å². The average Bonchev–Trinajstić information content (AvgIpc) is 2.76. The van der Waals surface area contributed by atoms with E-state index in [1.54, 1.807) is 0 Å². The highest BCUT2D eigenvalue weighted by Crippen LogP contribution is 2.22. The molecule has 1 aliphatic rings. The van der Waals surface area contributed by atoms with Gasteiger partial charge >= 0.3 is 0 Å². The van der Waals surface area contributed by atoms with Gasteiger partial charge in [-0.3, -0.25) is 4.79 Å². The van der Waals surface area contributed by atoms with Crippen LogP contribution in [0.2, 0.25) is 0 Å². The molecule has 1 fully saturated rings. The second-order valence-corrected chi connectivity index (χ2v) is 7.64. The summed E-state index contributed by atoms with van der Waals surface area (Å²) in [5, 5.41) is 0. The van der Waals surface area contributed by atoms with Crippen LogP contribution >= 0.6 is 0 Å². The minimum Gasteiger partial charge on any atom is -0.337 e. The van der Waals surface area contributed by atoms with Crippen LogP contribution in [0.5, 0.6) is 0 Å². The van der Waals surface area contributed by atoms with Gasteiger partial charge in [-0.2, -0.15) is 4.57 Å². The molecular weight excluding hydrogens is 344 g/mol. The van der Waals surface area contributed by atoms with Gasteiger partial charge in [-0.05, 0) is 42.4 Å². The summed E-state index contributed by atoms with van der Waals surface area (Å²) in [5.41, 5.74) is 3.71. The number of rotatable bonds is 5. The topological polar surface area (TPSA) is 24.2 Å². The second-order valence-electron chi connectivity index (χ2n) is 7.64. The Morgan fingerprint density at radius 3 is 2.21 bits per heavy atom. The number of carbonyl (C=O) groups excluding carboxylic acids is 1. The van der Waals surface area contributed by atoms with Gasteiger partial charge in [0.05, 0.1) is 0 Å². The largest absolute Gasteiger partial charge is 0.337 e. The predicted molar refractivity (Wildman–Crippen MR) is 112 cm³/mol. The van der Waals surface area contributed by atoms with Gasteiger partial charge in [0.15, 0.2) is 12.4 Å². The molecule has 1 saturated heterocycles. The van der Waals surface area contributed by atoms with Crippen molar-refractivity contribution in [2.24, 2.45) is 5.92 Å². The van der Waals surface area contributed by atoms with Gasteiger partial charge in [0.25, 0.3) is 5.91 Å². The quantitative estimate of drug-likeness (QED) is 0.619. The van der Waals surface area contributed by atoms with Crippen molar-refractivity contribution in [3.05, 3.63) is 90.8 Å². The Balaban J connectivity index is 1.32. The lowest BCUT2D eigenvalue weighted by atomic mass is 9.90. The minimum atomic E-state index is 0.216. The van der Waals surface area contributed by atoms with Crippen LogP contribution in [-0.4, -0.2) is 23.9 Å². The van der Waals surface area contributed by atoms with Crippen molar-refractivity contribution in [2.45, 2.75) is 25.8 Å². The van der Waals surface area contributed by atoms with E-state index >= 15 is 0 Å². The molecule has 1 aliphatic heterocycles. The Bertz CT molecular complexity index is 900. The summed E-state index contributed by atoms with van der Waals surface area (Å²) in [6.45, 7) is 2.15. The molecule has 0 radical (unpaired) electrons. The van der Waals surface area contributed by atoms with Crippen LogP contribution in [0.1, 0.15) is 18.4 Å². The Kier molecular flexibility index (Phi) is 5.81. The van der Waals surface area contributed by atoms with Crippen LogP contribution in [0.15, 0.2) is 85.2 Å². The van der Waals surface area contributed by atoms with Crippen molar-refractivity contribution in [1.82, 2.24) is 4.90 Å². The van der Waals surface area contributed by atoms with Crippen LogP contribution in [0.25, 0.3) is 11.1 Å². The van der Waals surface area contributed by atoms with Crippen molar-refractivity contribution >= 4 is 5.91 Å². The van der Waals surface area contributed by atoms with Crippen LogP contribution in [0, 0.1) is 5.92 Å². The maximum absolute atomic E-state index is 12.8. The van der Waals surface area contributed by atoms with E-state index < -0.39 is 0 Å². The van der Waals surface area contributed by atoms with Crippen molar-refractivity contribution in [3.8, 4) is 11.1 Å². The third-order valence-electron chi connectivity index (χ3n) is 5.62. The summed E-state index contributed by atoms with van der Waals surface area (Å²) in [5.74, 6) is 0.897. The van der Waals surface area contributed by atoms with Crippen LogP contribution < -0.4 is 4.57 Å². The number of amides is 1. The van der Waals surface area contributed by atoms with Gasteiger partial charge in [0, 0.05) is 24.7 Å². The lowest BCUT2D eigenvalue weighted by molar-refractivity contribution is -0.684.